The van der Waals surface area contributed by atoms with Crippen molar-refractivity contribution in [1.29, 1.82) is 0 Å². The van der Waals surface area contributed by atoms with Gasteiger partial charge < -0.3 is 33.7 Å². The van der Waals surface area contributed by atoms with Gasteiger partial charge in [-0.1, -0.05) is 20.3 Å². The third-order valence-corrected chi connectivity index (χ3v) is 6.14. The van der Waals surface area contributed by atoms with E-state index >= 15 is 0 Å². The molecule has 1 amide bonds. The lowest BCUT2D eigenvalue weighted by Crippen LogP contribution is -2.45. The standard InChI is InChI=1S/C27H42N2O9/c1-7-35-16-22(30)38-25-21(34-6)11-13-28-23(25)26(31)29-20-10-8-9-19(12-14-33-5)24(36-15-17(2)3)18(4)37-27(20)32/h11,13,17-20,24H,7-10,12,14-16H2,1-6H3,(H,29,31). The molecule has 2 heterocycles. The molecule has 1 fully saturated rings. The van der Waals surface area contributed by atoms with E-state index in [1.165, 1.54) is 19.4 Å². The number of carbonyl (C=O) groups is 3. The van der Waals surface area contributed by atoms with Crippen LogP contribution in [-0.4, -0.2) is 81.7 Å². The molecule has 4 unspecified atom stereocenters. The fourth-order valence-corrected chi connectivity index (χ4v) is 4.27. The van der Waals surface area contributed by atoms with E-state index in [4.69, 9.17) is 28.4 Å². The molecule has 0 saturated carbocycles. The average molecular weight is 539 g/mol. The number of nitrogens with zero attached hydrogens (tertiary/aromatic N) is 1. The van der Waals surface area contributed by atoms with E-state index in [-0.39, 0.29) is 35.8 Å². The summed E-state index contributed by atoms with van der Waals surface area (Å²) in [5, 5.41) is 2.71. The summed E-state index contributed by atoms with van der Waals surface area (Å²) in [5.41, 5.74) is -0.189. The first-order chi connectivity index (χ1) is 18.2. The van der Waals surface area contributed by atoms with Crippen molar-refractivity contribution >= 4 is 17.8 Å². The minimum absolute atomic E-state index is 0.127. The van der Waals surface area contributed by atoms with Gasteiger partial charge in [0, 0.05) is 39.2 Å². The van der Waals surface area contributed by atoms with Gasteiger partial charge in [-0.15, -0.1) is 0 Å². The molecule has 0 spiro atoms. The molecule has 1 saturated heterocycles. The number of cyclic esters (lactones) is 1. The van der Waals surface area contributed by atoms with Crippen LogP contribution >= 0.6 is 0 Å². The number of methoxy groups -OCH3 is 2. The van der Waals surface area contributed by atoms with Crippen LogP contribution in [0.4, 0.5) is 0 Å². The van der Waals surface area contributed by atoms with Crippen molar-refractivity contribution in [2.45, 2.75) is 71.6 Å². The van der Waals surface area contributed by atoms with Crippen molar-refractivity contribution in [3.8, 4) is 11.5 Å². The van der Waals surface area contributed by atoms with Gasteiger partial charge in [0.25, 0.3) is 5.91 Å². The number of carbonyl (C=O) groups excluding carboxylic acids is 3. The Bertz CT molecular complexity index is 909. The zero-order valence-corrected chi connectivity index (χ0v) is 23.3. The van der Waals surface area contributed by atoms with E-state index in [1.54, 1.807) is 14.0 Å². The molecule has 38 heavy (non-hydrogen) atoms. The maximum absolute atomic E-state index is 13.3. The van der Waals surface area contributed by atoms with Crippen molar-refractivity contribution in [1.82, 2.24) is 10.3 Å². The normalized spacial score (nSPS) is 22.1. The van der Waals surface area contributed by atoms with Crippen LogP contribution in [0, 0.1) is 11.8 Å². The number of pyridine rings is 1. The summed E-state index contributed by atoms with van der Waals surface area (Å²) >= 11 is 0. The zero-order chi connectivity index (χ0) is 28.1. The fraction of sp³-hybridized carbons (Fsp3) is 0.704. The predicted molar refractivity (Wildman–Crippen MR) is 138 cm³/mol. The second-order valence-corrected chi connectivity index (χ2v) is 9.63. The third kappa shape index (κ3) is 9.52. The van der Waals surface area contributed by atoms with Gasteiger partial charge in [0.2, 0.25) is 5.75 Å². The smallest absolute Gasteiger partial charge is 0.337 e. The number of amides is 1. The van der Waals surface area contributed by atoms with Gasteiger partial charge in [-0.2, -0.15) is 0 Å². The second-order valence-electron chi connectivity index (χ2n) is 9.63. The summed E-state index contributed by atoms with van der Waals surface area (Å²) in [6.07, 6.45) is 3.10. The molecule has 0 aliphatic carbocycles. The third-order valence-electron chi connectivity index (χ3n) is 6.14. The molecule has 11 heteroatoms. The predicted octanol–water partition coefficient (Wildman–Crippen LogP) is 2.94. The lowest BCUT2D eigenvalue weighted by Gasteiger charge is -2.31. The number of nitrogens with one attached hydrogen (secondary N) is 1. The van der Waals surface area contributed by atoms with Gasteiger partial charge >= 0.3 is 11.9 Å². The first kappa shape index (κ1) is 31.5. The van der Waals surface area contributed by atoms with Gasteiger partial charge in [0.05, 0.1) is 13.2 Å². The Kier molecular flexibility index (Phi) is 13.5. The molecule has 1 aromatic heterocycles. The van der Waals surface area contributed by atoms with Crippen molar-refractivity contribution in [3.05, 3.63) is 18.0 Å². The van der Waals surface area contributed by atoms with Crippen LogP contribution in [0.5, 0.6) is 11.5 Å². The van der Waals surface area contributed by atoms with Crippen LogP contribution < -0.4 is 14.8 Å². The number of aromatic nitrogens is 1. The summed E-state index contributed by atoms with van der Waals surface area (Å²) in [7, 11) is 3.04. The number of ether oxygens (including phenoxy) is 6. The van der Waals surface area contributed by atoms with Crippen LogP contribution in [0.1, 0.15) is 63.9 Å². The second kappa shape index (κ2) is 16.3. The Morgan fingerprint density at radius 1 is 1.24 bits per heavy atom. The Morgan fingerprint density at radius 2 is 2.00 bits per heavy atom. The molecule has 0 radical (unpaired) electrons. The molecular formula is C27H42N2O9. The highest BCUT2D eigenvalue weighted by atomic mass is 16.6. The first-order valence-electron chi connectivity index (χ1n) is 13.1. The molecule has 1 N–H and O–H groups in total. The van der Waals surface area contributed by atoms with Gasteiger partial charge in [0.15, 0.2) is 11.4 Å². The molecule has 11 nitrogen and oxygen atoms in total. The van der Waals surface area contributed by atoms with E-state index in [1.807, 2.05) is 6.92 Å². The molecule has 214 valence electrons. The monoisotopic (exact) mass is 538 g/mol. The highest BCUT2D eigenvalue weighted by Gasteiger charge is 2.35. The number of hydrogen-bond acceptors (Lipinski definition) is 10. The molecular weight excluding hydrogens is 496 g/mol. The molecule has 4 atom stereocenters. The number of hydrogen-bond donors (Lipinski definition) is 1. The molecule has 0 bridgehead atoms. The summed E-state index contributed by atoms with van der Waals surface area (Å²) in [5.74, 6) is -1.52. The van der Waals surface area contributed by atoms with E-state index in [0.717, 1.165) is 12.8 Å². The summed E-state index contributed by atoms with van der Waals surface area (Å²) in [4.78, 5) is 42.7. The van der Waals surface area contributed by atoms with Crippen molar-refractivity contribution in [3.63, 3.8) is 0 Å². The van der Waals surface area contributed by atoms with Gasteiger partial charge in [0.1, 0.15) is 18.8 Å². The van der Waals surface area contributed by atoms with Crippen LogP contribution in [-0.2, 0) is 28.5 Å². The minimum Gasteiger partial charge on any atom is -0.493 e. The van der Waals surface area contributed by atoms with Crippen LogP contribution in [0.25, 0.3) is 0 Å². The largest absolute Gasteiger partial charge is 0.493 e. The average Bonchev–Trinajstić information content (AvgIpc) is 2.93. The van der Waals surface area contributed by atoms with Gasteiger partial charge in [-0.05, 0) is 44.9 Å². The highest BCUT2D eigenvalue weighted by molar-refractivity contribution is 5.98. The molecule has 2 rings (SSSR count). The van der Waals surface area contributed by atoms with Gasteiger partial charge in [-0.25, -0.2) is 14.6 Å². The van der Waals surface area contributed by atoms with E-state index in [2.05, 4.69) is 24.1 Å². The Hall–Kier alpha value is -2.76. The zero-order valence-electron chi connectivity index (χ0n) is 23.3. The lowest BCUT2D eigenvalue weighted by molar-refractivity contribution is -0.161. The van der Waals surface area contributed by atoms with E-state index < -0.39 is 30.0 Å². The topological polar surface area (TPSA) is 132 Å². The van der Waals surface area contributed by atoms with Crippen LogP contribution in [0.2, 0.25) is 0 Å². The van der Waals surface area contributed by atoms with Crippen LogP contribution in [0.3, 0.4) is 0 Å². The van der Waals surface area contributed by atoms with Gasteiger partial charge in [-0.3, -0.25) is 4.79 Å². The lowest BCUT2D eigenvalue weighted by atomic mass is 9.89. The molecule has 1 aliphatic rings. The molecule has 0 aromatic carbocycles. The van der Waals surface area contributed by atoms with Crippen molar-refractivity contribution < 1.29 is 42.8 Å². The SMILES string of the molecule is CCOCC(=O)Oc1c(OC)ccnc1C(=O)NC1CCCC(CCOC)C(OCC(C)C)C(C)OC1=O. The summed E-state index contributed by atoms with van der Waals surface area (Å²) in [6, 6.07) is 0.546. The molecule has 1 aliphatic heterocycles. The quantitative estimate of drug-likeness (QED) is 0.374. The first-order valence-corrected chi connectivity index (χ1v) is 13.1. The van der Waals surface area contributed by atoms with Crippen molar-refractivity contribution in [2.75, 3.05) is 40.6 Å². The Labute approximate surface area is 224 Å². The minimum atomic E-state index is -0.920. The Morgan fingerprint density at radius 3 is 2.66 bits per heavy atom. The summed E-state index contributed by atoms with van der Waals surface area (Å²) in [6.45, 7) is 8.82. The maximum atomic E-state index is 13.3. The Balaban J connectivity index is 2.22. The van der Waals surface area contributed by atoms with Crippen molar-refractivity contribution in [2.24, 2.45) is 11.8 Å². The highest BCUT2D eigenvalue weighted by Crippen LogP contribution is 2.31. The van der Waals surface area contributed by atoms with E-state index in [0.29, 0.717) is 38.6 Å². The fourth-order valence-electron chi connectivity index (χ4n) is 4.27. The van der Waals surface area contributed by atoms with E-state index in [9.17, 15) is 14.4 Å². The number of rotatable bonds is 13. The molecule has 1 aromatic rings. The number of esters is 2. The van der Waals surface area contributed by atoms with Crippen LogP contribution in [0.15, 0.2) is 12.3 Å². The maximum Gasteiger partial charge on any atom is 0.337 e. The summed E-state index contributed by atoms with van der Waals surface area (Å²) < 4.78 is 33.0.